The summed E-state index contributed by atoms with van der Waals surface area (Å²) in [5, 5.41) is 34.3. The van der Waals surface area contributed by atoms with Crippen LogP contribution < -0.4 is 16.0 Å². The van der Waals surface area contributed by atoms with Gasteiger partial charge in [-0.1, -0.05) is 13.0 Å². The number of aliphatic hydroxyl groups is 1. The number of halogens is 2. The van der Waals surface area contributed by atoms with E-state index < -0.39 is 24.2 Å². The molecule has 4 heterocycles. The number of rotatable bonds is 5. The maximum Gasteiger partial charge on any atom is 0.157 e. The predicted octanol–water partition coefficient (Wildman–Crippen LogP) is 4.30. The molecule has 2 saturated heterocycles. The van der Waals surface area contributed by atoms with E-state index in [0.29, 0.717) is 29.4 Å². The van der Waals surface area contributed by atoms with Gasteiger partial charge in [0.05, 0.1) is 22.9 Å². The molecule has 0 amide bonds. The summed E-state index contributed by atoms with van der Waals surface area (Å²) in [6.07, 6.45) is 2.39. The molecule has 192 valence electrons. The molecule has 2 aromatic heterocycles. The average Bonchev–Trinajstić information content (AvgIpc) is 3.63. The quantitative estimate of drug-likeness (QED) is 0.347. The molecule has 8 nitrogen and oxygen atoms in total. The molecule has 2 aliphatic heterocycles. The van der Waals surface area contributed by atoms with Crippen LogP contribution in [0.3, 0.4) is 0 Å². The number of fused-ring (bicyclic) bond motifs is 4. The van der Waals surface area contributed by atoms with E-state index in [1.54, 1.807) is 0 Å². The second kappa shape index (κ2) is 9.14. The summed E-state index contributed by atoms with van der Waals surface area (Å²) in [4.78, 5) is 11.1. The highest BCUT2D eigenvalue weighted by Gasteiger charge is 2.40. The second-order valence-electron chi connectivity index (χ2n) is 9.82. The average molecular weight is 532 g/mol. The zero-order valence-corrected chi connectivity index (χ0v) is 21.2. The molecule has 0 spiro atoms. The number of anilines is 2. The smallest absolute Gasteiger partial charge is 0.157 e. The summed E-state index contributed by atoms with van der Waals surface area (Å²) in [6, 6.07) is 7.32. The summed E-state index contributed by atoms with van der Waals surface area (Å²) >= 11 is 0.920. The number of nitrogens with one attached hydrogen (secondary N) is 1. The third-order valence-electron chi connectivity index (χ3n) is 7.73. The number of aliphatic hydroxyl groups excluding tert-OH is 1. The van der Waals surface area contributed by atoms with Crippen LogP contribution in [0.5, 0.6) is 0 Å². The van der Waals surface area contributed by atoms with Gasteiger partial charge in [0.2, 0.25) is 0 Å². The minimum absolute atomic E-state index is 0.0216. The number of piperazine rings is 1. The van der Waals surface area contributed by atoms with Gasteiger partial charge in [-0.3, -0.25) is 0 Å². The summed E-state index contributed by atoms with van der Waals surface area (Å²) in [7, 11) is 0. The number of nitrogens with zero attached hydrogens (tertiary/aromatic N) is 5. The van der Waals surface area contributed by atoms with Crippen LogP contribution >= 0.6 is 11.3 Å². The van der Waals surface area contributed by atoms with E-state index in [1.165, 1.54) is 18.5 Å². The first-order valence-corrected chi connectivity index (χ1v) is 13.1. The van der Waals surface area contributed by atoms with Crippen molar-refractivity contribution in [3.8, 4) is 23.3 Å². The van der Waals surface area contributed by atoms with Crippen molar-refractivity contribution in [2.75, 3.05) is 23.7 Å². The van der Waals surface area contributed by atoms with Crippen LogP contribution in [0.2, 0.25) is 0 Å². The zero-order chi connectivity index (χ0) is 26.7. The Labute approximate surface area is 220 Å². The van der Waals surface area contributed by atoms with Gasteiger partial charge in [-0.05, 0) is 35.1 Å². The van der Waals surface area contributed by atoms with Gasteiger partial charge in [-0.25, -0.2) is 18.7 Å². The Morgan fingerprint density at radius 2 is 2.11 bits per heavy atom. The lowest BCUT2D eigenvalue weighted by molar-refractivity contribution is 0.280. The Balaban J connectivity index is 1.74. The van der Waals surface area contributed by atoms with Crippen LogP contribution in [0.4, 0.5) is 19.6 Å². The van der Waals surface area contributed by atoms with Crippen LogP contribution in [0.15, 0.2) is 18.5 Å². The van der Waals surface area contributed by atoms with Gasteiger partial charge in [0.25, 0.3) is 0 Å². The molecular weight excluding hydrogens is 508 g/mol. The van der Waals surface area contributed by atoms with Crippen molar-refractivity contribution in [1.82, 2.24) is 15.3 Å². The molecule has 6 rings (SSSR count). The maximum absolute atomic E-state index is 16.7. The molecule has 11 heteroatoms. The highest BCUT2D eigenvalue weighted by Crippen LogP contribution is 2.47. The van der Waals surface area contributed by atoms with Gasteiger partial charge in [0.15, 0.2) is 5.82 Å². The van der Waals surface area contributed by atoms with Crippen molar-refractivity contribution in [2.45, 2.75) is 44.4 Å². The Kier molecular flexibility index (Phi) is 5.88. The molecule has 0 aliphatic carbocycles. The lowest BCUT2D eigenvalue weighted by Crippen LogP contribution is -2.44. The van der Waals surface area contributed by atoms with E-state index in [9.17, 15) is 20.0 Å². The number of hydrogen-bond acceptors (Lipinski definition) is 9. The van der Waals surface area contributed by atoms with Crippen molar-refractivity contribution >= 4 is 43.1 Å². The van der Waals surface area contributed by atoms with Gasteiger partial charge in [-0.2, -0.15) is 10.5 Å². The maximum atomic E-state index is 16.7. The number of benzene rings is 2. The van der Waals surface area contributed by atoms with Crippen LogP contribution in [0, 0.1) is 34.3 Å². The van der Waals surface area contributed by atoms with Crippen LogP contribution in [0.25, 0.3) is 32.1 Å². The van der Waals surface area contributed by atoms with Crippen molar-refractivity contribution < 1.29 is 13.9 Å². The van der Waals surface area contributed by atoms with Gasteiger partial charge >= 0.3 is 0 Å². The Hall–Kier alpha value is -3.90. The number of aromatic nitrogens is 2. The number of nitrogens with two attached hydrogens (primary N) is 1. The Bertz CT molecular complexity index is 1710. The van der Waals surface area contributed by atoms with E-state index >= 15 is 4.39 Å². The van der Waals surface area contributed by atoms with E-state index in [-0.39, 0.29) is 55.3 Å². The second-order valence-corrected chi connectivity index (χ2v) is 10.9. The first kappa shape index (κ1) is 24.4. The van der Waals surface area contributed by atoms with Crippen molar-refractivity contribution in [3.05, 3.63) is 46.8 Å². The number of thiophene rings is 1. The minimum atomic E-state index is -0.704. The molecule has 2 bridgehead atoms. The van der Waals surface area contributed by atoms with Crippen molar-refractivity contribution in [2.24, 2.45) is 0 Å². The Morgan fingerprint density at radius 3 is 2.76 bits per heavy atom. The lowest BCUT2D eigenvalue weighted by Gasteiger charge is -2.31. The standard InChI is InChI=1S/C27H23F2N7OS/c1-12(4-5-30)19-17(10-37)20(15-2-3-18(28)25-21(15)16(7-31)26(32)38-25)23(29)24-22(19)27(35-11-34-24)36-9-13-6-14(36)8-33-13/h2-3,11-14,33,37H,4,6,8-10,32H2,1H3/t12?,13-,14-/m1/s1. The molecule has 2 aromatic carbocycles. The normalized spacial score (nSPS) is 19.3. The van der Waals surface area contributed by atoms with Crippen LogP contribution in [-0.4, -0.2) is 40.2 Å². The molecule has 1 unspecified atom stereocenters. The Morgan fingerprint density at radius 1 is 1.29 bits per heavy atom. The highest BCUT2D eigenvalue weighted by molar-refractivity contribution is 7.23. The van der Waals surface area contributed by atoms with Gasteiger partial charge in [0.1, 0.15) is 34.5 Å². The van der Waals surface area contributed by atoms with Crippen molar-refractivity contribution in [3.63, 3.8) is 0 Å². The third-order valence-corrected chi connectivity index (χ3v) is 8.75. The topological polar surface area (TPSA) is 135 Å². The highest BCUT2D eigenvalue weighted by atomic mass is 32.1. The van der Waals surface area contributed by atoms with E-state index in [0.717, 1.165) is 24.3 Å². The molecule has 38 heavy (non-hydrogen) atoms. The fourth-order valence-corrected chi connectivity index (χ4v) is 7.05. The molecule has 4 aromatic rings. The van der Waals surface area contributed by atoms with E-state index in [4.69, 9.17) is 5.73 Å². The number of nitriles is 2. The van der Waals surface area contributed by atoms with Crippen LogP contribution in [0.1, 0.15) is 42.4 Å². The fourth-order valence-electron chi connectivity index (χ4n) is 6.10. The van der Waals surface area contributed by atoms with Crippen LogP contribution in [-0.2, 0) is 6.61 Å². The van der Waals surface area contributed by atoms with Gasteiger partial charge < -0.3 is 21.1 Å². The fraction of sp³-hybridized carbons (Fsp3) is 0.333. The minimum Gasteiger partial charge on any atom is -0.392 e. The van der Waals surface area contributed by atoms with Gasteiger partial charge in [0, 0.05) is 47.9 Å². The monoisotopic (exact) mass is 531 g/mol. The SMILES string of the molecule is CC(CC#N)c1c(CO)c(-c2ccc(F)c3sc(N)c(C#N)c23)c(F)c2ncnc(N3C[C@H]4C[C@@H]3CN4)c12. The zero-order valence-electron chi connectivity index (χ0n) is 20.4. The third kappa shape index (κ3) is 3.43. The van der Waals surface area contributed by atoms with E-state index in [2.05, 4.69) is 26.3 Å². The first-order chi connectivity index (χ1) is 18.4. The molecular formula is C27H23F2N7OS. The number of hydrogen-bond donors (Lipinski definition) is 3. The molecule has 0 saturated carbocycles. The van der Waals surface area contributed by atoms with E-state index in [1.807, 2.05) is 13.0 Å². The lowest BCUT2D eigenvalue weighted by atomic mass is 9.84. The molecule has 3 atom stereocenters. The molecule has 2 fully saturated rings. The van der Waals surface area contributed by atoms with Gasteiger partial charge in [-0.15, -0.1) is 11.3 Å². The largest absolute Gasteiger partial charge is 0.392 e. The summed E-state index contributed by atoms with van der Waals surface area (Å²) in [5.74, 6) is -1.10. The molecule has 0 radical (unpaired) electrons. The first-order valence-electron chi connectivity index (χ1n) is 12.3. The predicted molar refractivity (Wildman–Crippen MR) is 142 cm³/mol. The molecule has 2 aliphatic rings. The summed E-state index contributed by atoms with van der Waals surface area (Å²) < 4.78 is 31.6. The summed E-state index contributed by atoms with van der Waals surface area (Å²) in [5.41, 5.74) is 7.24. The summed E-state index contributed by atoms with van der Waals surface area (Å²) in [6.45, 7) is 2.79. The number of nitrogen functional groups attached to an aromatic ring is 1. The van der Waals surface area contributed by atoms with Crippen molar-refractivity contribution in [1.29, 1.82) is 10.5 Å². The molecule has 4 N–H and O–H groups in total.